The molecule has 0 aromatic heterocycles. The van der Waals surface area contributed by atoms with Crippen molar-refractivity contribution in [1.82, 2.24) is 0 Å². The molecule has 2 rings (SSSR count). The average molecular weight is 235 g/mol. The molecule has 1 aromatic carbocycles. The highest BCUT2D eigenvalue weighted by molar-refractivity contribution is 5.54. The second kappa shape index (κ2) is 5.41. The Labute approximate surface area is 103 Å². The van der Waals surface area contributed by atoms with E-state index in [-0.39, 0.29) is 12.1 Å². The van der Waals surface area contributed by atoms with Crippen LogP contribution >= 0.6 is 0 Å². The molecule has 0 amide bonds. The molecule has 1 aliphatic carbocycles. The van der Waals surface area contributed by atoms with E-state index in [2.05, 4.69) is 12.2 Å². The first-order chi connectivity index (χ1) is 8.20. The maximum atomic E-state index is 9.93. The van der Waals surface area contributed by atoms with Gasteiger partial charge in [0, 0.05) is 5.69 Å². The smallest absolute Gasteiger partial charge is 0.119 e. The van der Waals surface area contributed by atoms with Gasteiger partial charge in [-0.1, -0.05) is 12.8 Å². The first-order valence-corrected chi connectivity index (χ1v) is 6.30. The van der Waals surface area contributed by atoms with Crippen LogP contribution in [-0.4, -0.2) is 24.4 Å². The highest BCUT2D eigenvalue weighted by Gasteiger charge is 2.22. The fraction of sp³-hybridized carbons (Fsp3) is 0.571. The number of aliphatic hydroxyl groups excluding tert-OH is 1. The number of aliphatic hydroxyl groups is 1. The molecule has 1 aliphatic rings. The summed E-state index contributed by atoms with van der Waals surface area (Å²) in [5.74, 6) is 0.872. The molecule has 1 fully saturated rings. The van der Waals surface area contributed by atoms with Gasteiger partial charge in [-0.25, -0.2) is 0 Å². The lowest BCUT2D eigenvalue weighted by Crippen LogP contribution is -2.36. The van der Waals surface area contributed by atoms with Crippen molar-refractivity contribution in [2.45, 2.75) is 44.8 Å². The fourth-order valence-electron chi connectivity index (χ4n) is 2.40. The van der Waals surface area contributed by atoms with E-state index in [0.717, 1.165) is 36.3 Å². The summed E-state index contributed by atoms with van der Waals surface area (Å²) in [4.78, 5) is 0. The molecule has 0 unspecified atom stereocenters. The first-order valence-electron chi connectivity index (χ1n) is 6.30. The Bertz CT molecular complexity index is 378. The van der Waals surface area contributed by atoms with E-state index >= 15 is 0 Å². The zero-order valence-electron chi connectivity index (χ0n) is 10.6. The molecule has 3 heteroatoms. The monoisotopic (exact) mass is 235 g/mol. The number of aryl methyl sites for hydroxylation is 1. The van der Waals surface area contributed by atoms with E-state index < -0.39 is 0 Å². The van der Waals surface area contributed by atoms with Crippen molar-refractivity contribution in [3.8, 4) is 5.75 Å². The minimum absolute atomic E-state index is 0.191. The third-order valence-corrected chi connectivity index (χ3v) is 3.50. The summed E-state index contributed by atoms with van der Waals surface area (Å²) in [6, 6.07) is 6.17. The Morgan fingerprint density at radius 1 is 1.29 bits per heavy atom. The molecule has 94 valence electrons. The maximum absolute atomic E-state index is 9.93. The van der Waals surface area contributed by atoms with Crippen LogP contribution in [-0.2, 0) is 0 Å². The van der Waals surface area contributed by atoms with Gasteiger partial charge in [-0.2, -0.15) is 0 Å². The molecule has 2 atom stereocenters. The summed E-state index contributed by atoms with van der Waals surface area (Å²) in [7, 11) is 1.67. The summed E-state index contributed by atoms with van der Waals surface area (Å²) in [6.45, 7) is 2.06. The van der Waals surface area contributed by atoms with Crippen LogP contribution in [0.1, 0.15) is 31.2 Å². The summed E-state index contributed by atoms with van der Waals surface area (Å²) in [5.41, 5.74) is 2.25. The second-order valence-electron chi connectivity index (χ2n) is 4.78. The SMILES string of the molecule is COc1ccc(N[C@H]2CCCC[C@@H]2O)c(C)c1. The van der Waals surface area contributed by atoms with Crippen LogP contribution in [0.3, 0.4) is 0 Å². The van der Waals surface area contributed by atoms with E-state index in [1.807, 2.05) is 18.2 Å². The largest absolute Gasteiger partial charge is 0.497 e. The first kappa shape index (κ1) is 12.2. The van der Waals surface area contributed by atoms with Gasteiger partial charge >= 0.3 is 0 Å². The van der Waals surface area contributed by atoms with Gasteiger partial charge in [0.1, 0.15) is 5.75 Å². The van der Waals surface area contributed by atoms with Crippen molar-refractivity contribution in [3.63, 3.8) is 0 Å². The van der Waals surface area contributed by atoms with Crippen molar-refractivity contribution in [1.29, 1.82) is 0 Å². The highest BCUT2D eigenvalue weighted by Crippen LogP contribution is 2.26. The van der Waals surface area contributed by atoms with Gasteiger partial charge < -0.3 is 15.2 Å². The van der Waals surface area contributed by atoms with Crippen LogP contribution < -0.4 is 10.1 Å². The molecule has 0 aliphatic heterocycles. The van der Waals surface area contributed by atoms with E-state index in [4.69, 9.17) is 4.74 Å². The quantitative estimate of drug-likeness (QED) is 0.846. The van der Waals surface area contributed by atoms with Gasteiger partial charge in [0.05, 0.1) is 19.3 Å². The van der Waals surface area contributed by atoms with Crippen molar-refractivity contribution >= 4 is 5.69 Å². The molecule has 1 aromatic rings. The van der Waals surface area contributed by atoms with Gasteiger partial charge in [-0.05, 0) is 43.5 Å². The number of benzene rings is 1. The van der Waals surface area contributed by atoms with Crippen molar-refractivity contribution in [2.24, 2.45) is 0 Å². The molecule has 0 saturated heterocycles. The lowest BCUT2D eigenvalue weighted by molar-refractivity contribution is 0.116. The number of methoxy groups -OCH3 is 1. The second-order valence-corrected chi connectivity index (χ2v) is 4.78. The summed E-state index contributed by atoms with van der Waals surface area (Å²) in [5, 5.41) is 13.4. The highest BCUT2D eigenvalue weighted by atomic mass is 16.5. The summed E-state index contributed by atoms with van der Waals surface area (Å²) in [6.07, 6.45) is 4.08. The molecular formula is C14H21NO2. The van der Waals surface area contributed by atoms with Crippen LogP contribution in [0.15, 0.2) is 18.2 Å². The van der Waals surface area contributed by atoms with Crippen LogP contribution in [0.5, 0.6) is 5.75 Å². The lowest BCUT2D eigenvalue weighted by atomic mass is 9.92. The third kappa shape index (κ3) is 2.91. The Morgan fingerprint density at radius 2 is 2.06 bits per heavy atom. The van der Waals surface area contributed by atoms with Crippen LogP contribution in [0.25, 0.3) is 0 Å². The molecule has 3 nitrogen and oxygen atoms in total. The van der Waals surface area contributed by atoms with Gasteiger partial charge in [0.2, 0.25) is 0 Å². The molecule has 1 saturated carbocycles. The standard InChI is InChI=1S/C14H21NO2/c1-10-9-11(17-2)7-8-12(10)15-13-5-3-4-6-14(13)16/h7-9,13-16H,3-6H2,1-2H3/t13-,14-/m0/s1. The number of hydrogen-bond acceptors (Lipinski definition) is 3. The average Bonchev–Trinajstić information content (AvgIpc) is 2.34. The summed E-state index contributed by atoms with van der Waals surface area (Å²) >= 11 is 0. The Morgan fingerprint density at radius 3 is 2.71 bits per heavy atom. The van der Waals surface area contributed by atoms with Crippen molar-refractivity contribution < 1.29 is 9.84 Å². The van der Waals surface area contributed by atoms with Crippen LogP contribution in [0.4, 0.5) is 5.69 Å². The molecule has 2 N–H and O–H groups in total. The van der Waals surface area contributed by atoms with Crippen molar-refractivity contribution in [3.05, 3.63) is 23.8 Å². The molecule has 0 heterocycles. The fourth-order valence-corrected chi connectivity index (χ4v) is 2.40. The Kier molecular flexibility index (Phi) is 3.89. The van der Waals surface area contributed by atoms with Crippen LogP contribution in [0, 0.1) is 6.92 Å². The van der Waals surface area contributed by atoms with E-state index in [1.165, 1.54) is 6.42 Å². The van der Waals surface area contributed by atoms with Gasteiger partial charge in [0.25, 0.3) is 0 Å². The van der Waals surface area contributed by atoms with Gasteiger partial charge in [0.15, 0.2) is 0 Å². The normalized spacial score (nSPS) is 24.4. The number of nitrogens with one attached hydrogen (secondary N) is 1. The number of anilines is 1. The summed E-state index contributed by atoms with van der Waals surface area (Å²) < 4.78 is 5.18. The Hall–Kier alpha value is -1.22. The zero-order chi connectivity index (χ0) is 12.3. The van der Waals surface area contributed by atoms with Gasteiger partial charge in [-0.15, -0.1) is 0 Å². The maximum Gasteiger partial charge on any atom is 0.119 e. The van der Waals surface area contributed by atoms with Crippen LogP contribution in [0.2, 0.25) is 0 Å². The molecule has 0 spiro atoms. The van der Waals surface area contributed by atoms with Crippen molar-refractivity contribution in [2.75, 3.05) is 12.4 Å². The van der Waals surface area contributed by atoms with E-state index in [9.17, 15) is 5.11 Å². The third-order valence-electron chi connectivity index (χ3n) is 3.50. The number of rotatable bonds is 3. The predicted octanol–water partition coefficient (Wildman–Crippen LogP) is 2.72. The number of ether oxygens (including phenoxy) is 1. The lowest BCUT2D eigenvalue weighted by Gasteiger charge is -2.29. The zero-order valence-corrected chi connectivity index (χ0v) is 10.6. The minimum atomic E-state index is -0.217. The molecule has 0 bridgehead atoms. The Balaban J connectivity index is 2.07. The topological polar surface area (TPSA) is 41.5 Å². The molecular weight excluding hydrogens is 214 g/mol. The van der Waals surface area contributed by atoms with Gasteiger partial charge in [-0.3, -0.25) is 0 Å². The number of hydrogen-bond donors (Lipinski definition) is 2. The minimum Gasteiger partial charge on any atom is -0.497 e. The predicted molar refractivity (Wildman–Crippen MR) is 69.6 cm³/mol. The van der Waals surface area contributed by atoms with E-state index in [1.54, 1.807) is 7.11 Å². The van der Waals surface area contributed by atoms with E-state index in [0.29, 0.717) is 0 Å². The molecule has 17 heavy (non-hydrogen) atoms. The molecule has 0 radical (unpaired) electrons.